The Bertz CT molecular complexity index is 1510. The monoisotopic (exact) mass is 595 g/mol. The number of nitrogens with one attached hydrogen (secondary N) is 1. The van der Waals surface area contributed by atoms with Crippen LogP contribution in [0.2, 0.25) is 0 Å². The molecule has 7 rings (SSSR count). The Kier molecular flexibility index (Phi) is 8.91. The molecule has 4 aliphatic carbocycles. The largest absolute Gasteiger partial charge is 0.496 e. The van der Waals surface area contributed by atoms with Gasteiger partial charge in [-0.05, 0) is 102 Å². The first-order valence-corrected chi connectivity index (χ1v) is 15.6. The van der Waals surface area contributed by atoms with E-state index in [1.165, 1.54) is 37.7 Å². The number of hydrogen-bond acceptors (Lipinski definition) is 6. The number of carbonyl (C=O) groups excluding carboxylic acids is 2. The zero-order valence-corrected chi connectivity index (χ0v) is 25.8. The molecule has 0 saturated heterocycles. The molecule has 0 heterocycles. The van der Waals surface area contributed by atoms with E-state index in [1.54, 1.807) is 39.5 Å². The molecule has 3 aromatic rings. The van der Waals surface area contributed by atoms with Crippen molar-refractivity contribution in [3.8, 4) is 17.2 Å². The molecule has 44 heavy (non-hydrogen) atoms. The third-order valence-corrected chi connectivity index (χ3v) is 9.54. The van der Waals surface area contributed by atoms with Gasteiger partial charge in [0.25, 0.3) is 0 Å². The second-order valence-corrected chi connectivity index (χ2v) is 12.4. The fraction of sp³-hybridized carbons (Fsp3) is 0.405. The van der Waals surface area contributed by atoms with Crippen molar-refractivity contribution in [2.45, 2.75) is 51.5 Å². The lowest BCUT2D eigenvalue weighted by molar-refractivity contribution is -0.133. The molecule has 4 saturated carbocycles. The number of methoxy groups -OCH3 is 3. The predicted octanol–water partition coefficient (Wildman–Crippen LogP) is 6.52. The summed E-state index contributed by atoms with van der Waals surface area (Å²) in [5.41, 5.74) is 4.79. The van der Waals surface area contributed by atoms with Gasteiger partial charge in [-0.1, -0.05) is 42.5 Å². The van der Waals surface area contributed by atoms with Gasteiger partial charge in [-0.2, -0.15) is 0 Å². The first-order chi connectivity index (χ1) is 21.4. The highest BCUT2D eigenvalue weighted by atomic mass is 16.5. The predicted molar refractivity (Wildman–Crippen MR) is 168 cm³/mol. The van der Waals surface area contributed by atoms with Crippen molar-refractivity contribution < 1.29 is 28.5 Å². The van der Waals surface area contributed by atoms with Gasteiger partial charge in [0.05, 0.1) is 34.2 Å². The van der Waals surface area contributed by atoms with Crippen molar-refractivity contribution in [1.29, 1.82) is 0 Å². The number of amides is 1. The van der Waals surface area contributed by atoms with Gasteiger partial charge in [0, 0.05) is 12.1 Å². The molecule has 4 fully saturated rings. The van der Waals surface area contributed by atoms with Crippen LogP contribution in [0.25, 0.3) is 5.76 Å². The standard InChI is InChI=1S/C37H41NO6/c1-41-32-19-27(30(20-33(32)42-2)22-38-34(39)17-23-8-5-4-6-9-23)21-35(40)44-31-11-7-10-26(18-31)37(43-3)36-28-13-24-12-25(15-28)16-29(36)14-24/h4-11,18-20,24-25,28-29H,12-17,21-22H2,1-3H3,(H,38,39). The molecule has 1 amide bonds. The summed E-state index contributed by atoms with van der Waals surface area (Å²) < 4.78 is 22.9. The van der Waals surface area contributed by atoms with Gasteiger partial charge in [-0.15, -0.1) is 0 Å². The lowest BCUT2D eigenvalue weighted by atomic mass is 9.54. The average Bonchev–Trinajstić information content (AvgIpc) is 3.02. The van der Waals surface area contributed by atoms with Crippen LogP contribution in [0.4, 0.5) is 0 Å². The Hall–Kier alpha value is -4.26. The van der Waals surface area contributed by atoms with E-state index in [2.05, 4.69) is 5.32 Å². The third-order valence-electron chi connectivity index (χ3n) is 9.54. The van der Waals surface area contributed by atoms with Gasteiger partial charge in [0.1, 0.15) is 11.5 Å². The molecule has 0 aromatic heterocycles. The zero-order valence-electron chi connectivity index (χ0n) is 25.8. The van der Waals surface area contributed by atoms with Crippen LogP contribution in [0.15, 0.2) is 72.3 Å². The van der Waals surface area contributed by atoms with Gasteiger partial charge < -0.3 is 24.3 Å². The minimum absolute atomic E-state index is 0.000377. The molecule has 1 N–H and O–H groups in total. The fourth-order valence-electron chi connectivity index (χ4n) is 7.82. The quantitative estimate of drug-likeness (QED) is 0.154. The first-order valence-electron chi connectivity index (χ1n) is 15.6. The van der Waals surface area contributed by atoms with E-state index < -0.39 is 5.97 Å². The Morgan fingerprint density at radius 1 is 0.750 bits per heavy atom. The summed E-state index contributed by atoms with van der Waals surface area (Å²) in [6.07, 6.45) is 6.74. The summed E-state index contributed by atoms with van der Waals surface area (Å²) in [5.74, 6) is 4.86. The Morgan fingerprint density at radius 3 is 2.05 bits per heavy atom. The number of allylic oxidation sites excluding steroid dienone is 1. The van der Waals surface area contributed by atoms with Crippen molar-refractivity contribution in [3.63, 3.8) is 0 Å². The average molecular weight is 596 g/mol. The van der Waals surface area contributed by atoms with E-state index in [4.69, 9.17) is 18.9 Å². The van der Waals surface area contributed by atoms with E-state index in [-0.39, 0.29) is 25.3 Å². The molecule has 0 aliphatic heterocycles. The highest BCUT2D eigenvalue weighted by Crippen LogP contribution is 2.58. The summed E-state index contributed by atoms with van der Waals surface area (Å²) in [5, 5.41) is 2.97. The van der Waals surface area contributed by atoms with Crippen LogP contribution < -0.4 is 19.5 Å². The Labute approximate surface area is 259 Å². The van der Waals surface area contributed by atoms with E-state index in [0.717, 1.165) is 34.3 Å². The molecule has 7 nitrogen and oxygen atoms in total. The van der Waals surface area contributed by atoms with E-state index in [1.807, 2.05) is 48.5 Å². The van der Waals surface area contributed by atoms with Crippen molar-refractivity contribution in [2.24, 2.45) is 23.7 Å². The second kappa shape index (κ2) is 13.2. The summed E-state index contributed by atoms with van der Waals surface area (Å²) >= 11 is 0. The maximum absolute atomic E-state index is 13.3. The van der Waals surface area contributed by atoms with Crippen molar-refractivity contribution in [3.05, 3.63) is 94.6 Å². The molecule has 3 aromatic carbocycles. The Morgan fingerprint density at radius 2 is 1.41 bits per heavy atom. The molecule has 7 heteroatoms. The van der Waals surface area contributed by atoms with Crippen LogP contribution in [-0.4, -0.2) is 33.2 Å². The molecular weight excluding hydrogens is 554 g/mol. The molecule has 0 spiro atoms. The maximum Gasteiger partial charge on any atom is 0.315 e. The van der Waals surface area contributed by atoms with Crippen LogP contribution in [0, 0.1) is 23.7 Å². The van der Waals surface area contributed by atoms with Gasteiger partial charge in [0.15, 0.2) is 11.5 Å². The second-order valence-electron chi connectivity index (χ2n) is 12.4. The van der Waals surface area contributed by atoms with Crippen molar-refractivity contribution in [1.82, 2.24) is 5.32 Å². The minimum Gasteiger partial charge on any atom is -0.496 e. The van der Waals surface area contributed by atoms with Crippen LogP contribution >= 0.6 is 0 Å². The summed E-state index contributed by atoms with van der Waals surface area (Å²) in [6, 6.07) is 20.8. The molecule has 230 valence electrons. The van der Waals surface area contributed by atoms with Gasteiger partial charge >= 0.3 is 5.97 Å². The highest BCUT2D eigenvalue weighted by molar-refractivity contribution is 5.79. The fourth-order valence-corrected chi connectivity index (χ4v) is 7.82. The molecular formula is C37H41NO6. The lowest BCUT2D eigenvalue weighted by Gasteiger charge is -2.51. The summed E-state index contributed by atoms with van der Waals surface area (Å²) in [7, 11) is 4.87. The number of carbonyl (C=O) groups is 2. The smallest absolute Gasteiger partial charge is 0.315 e. The molecule has 4 bridgehead atoms. The van der Waals surface area contributed by atoms with Crippen LogP contribution in [0.1, 0.15) is 54.4 Å². The van der Waals surface area contributed by atoms with Crippen LogP contribution in [-0.2, 0) is 33.7 Å². The SMILES string of the molecule is COC(=C1C2CC3CC(C2)CC1C3)c1cccc(OC(=O)Cc2cc(OC)c(OC)cc2CNC(=O)Cc2ccccc2)c1. The lowest BCUT2D eigenvalue weighted by Crippen LogP contribution is -2.40. The number of ether oxygens (including phenoxy) is 4. The first kappa shape index (κ1) is 29.8. The van der Waals surface area contributed by atoms with Gasteiger partial charge in [-0.25, -0.2) is 0 Å². The van der Waals surface area contributed by atoms with Gasteiger partial charge in [-0.3, -0.25) is 9.59 Å². The highest BCUT2D eigenvalue weighted by Gasteiger charge is 2.46. The maximum atomic E-state index is 13.3. The van der Waals surface area contributed by atoms with E-state index in [9.17, 15) is 9.59 Å². The normalized spacial score (nSPS) is 21.5. The molecule has 0 unspecified atom stereocenters. The number of benzene rings is 3. The van der Waals surface area contributed by atoms with E-state index in [0.29, 0.717) is 34.6 Å². The van der Waals surface area contributed by atoms with E-state index >= 15 is 0 Å². The van der Waals surface area contributed by atoms with Crippen LogP contribution in [0.3, 0.4) is 0 Å². The summed E-state index contributed by atoms with van der Waals surface area (Å²) in [4.78, 5) is 26.0. The number of rotatable bonds is 11. The summed E-state index contributed by atoms with van der Waals surface area (Å²) in [6.45, 7) is 0.235. The zero-order chi connectivity index (χ0) is 30.6. The number of hydrogen-bond donors (Lipinski definition) is 1. The van der Waals surface area contributed by atoms with Crippen molar-refractivity contribution in [2.75, 3.05) is 21.3 Å². The molecule has 4 aliphatic rings. The van der Waals surface area contributed by atoms with Crippen molar-refractivity contribution >= 4 is 17.6 Å². The minimum atomic E-state index is -0.410. The molecule has 0 radical (unpaired) electrons. The Balaban J connectivity index is 1.17. The van der Waals surface area contributed by atoms with Crippen LogP contribution in [0.5, 0.6) is 17.2 Å². The van der Waals surface area contributed by atoms with Gasteiger partial charge in [0.2, 0.25) is 5.91 Å². The number of esters is 1. The topological polar surface area (TPSA) is 83.1 Å². The molecule has 0 atom stereocenters. The third kappa shape index (κ3) is 6.47.